The molecule has 2 atom stereocenters. The average Bonchev–Trinajstić information content (AvgIpc) is 3.71. The Kier molecular flexibility index (Phi) is 5.91. The van der Waals surface area contributed by atoms with E-state index >= 15 is 0 Å². The minimum atomic E-state index is -3.09. The Balaban J connectivity index is 1.39. The molecule has 11 heteroatoms. The van der Waals surface area contributed by atoms with Gasteiger partial charge in [-0.15, -0.1) is 0 Å². The van der Waals surface area contributed by atoms with Crippen molar-refractivity contribution in [3.63, 3.8) is 0 Å². The van der Waals surface area contributed by atoms with Gasteiger partial charge in [-0.2, -0.15) is 0 Å². The molecule has 0 spiro atoms. The number of hydrogen-bond donors (Lipinski definition) is 2. The van der Waals surface area contributed by atoms with Crippen molar-refractivity contribution < 1.29 is 18.3 Å². The van der Waals surface area contributed by atoms with Crippen LogP contribution in [0.4, 0.5) is 31.7 Å². The Morgan fingerprint density at radius 3 is 2.84 bits per heavy atom. The van der Waals surface area contributed by atoms with Crippen molar-refractivity contribution >= 4 is 45.4 Å². The fourth-order valence-corrected chi connectivity index (χ4v) is 5.32. The Bertz CT molecular complexity index is 1430. The predicted molar refractivity (Wildman–Crippen MR) is 140 cm³/mol. The standard InChI is InChI=1S/C26H28ClF2N5O3/c1-14-12-34(7-8-36-14)21-10-19(18(27)11-30-21)31-16-5-6-20-17(9-16)22-23(25(35)33(20)2)37-13-26(28,29)24(32-22)15-3-4-15/h5-6,9-11,14-15,24,32H,3-4,7-8,12-13H2,1-2H3,(H,30,31). The highest BCUT2D eigenvalue weighted by molar-refractivity contribution is 6.33. The molecule has 196 valence electrons. The van der Waals surface area contributed by atoms with Gasteiger partial charge in [-0.3, -0.25) is 4.79 Å². The van der Waals surface area contributed by atoms with E-state index in [-0.39, 0.29) is 17.8 Å². The summed E-state index contributed by atoms with van der Waals surface area (Å²) < 4.78 is 42.3. The zero-order chi connectivity index (χ0) is 25.9. The maximum absolute atomic E-state index is 14.9. The lowest BCUT2D eigenvalue weighted by atomic mass is 10.0. The molecule has 2 unspecified atom stereocenters. The summed E-state index contributed by atoms with van der Waals surface area (Å²) in [6, 6.07) is 6.23. The van der Waals surface area contributed by atoms with Crippen LogP contribution in [-0.4, -0.2) is 53.9 Å². The Morgan fingerprint density at radius 2 is 2.08 bits per heavy atom. The van der Waals surface area contributed by atoms with Crippen molar-refractivity contribution in [3.05, 3.63) is 45.8 Å². The van der Waals surface area contributed by atoms with Crippen molar-refractivity contribution in [2.45, 2.75) is 37.8 Å². The molecule has 0 bridgehead atoms. The SMILES string of the molecule is CC1CN(c2cc(Nc3ccc4c(c3)c3c(c(=O)n4C)OCC(F)(F)C(C4CC4)N3)c(Cl)cn2)CCO1. The first kappa shape index (κ1) is 24.2. The number of alkyl halides is 2. The van der Waals surface area contributed by atoms with E-state index in [4.69, 9.17) is 21.1 Å². The van der Waals surface area contributed by atoms with Crippen molar-refractivity contribution in [2.75, 3.05) is 41.8 Å². The maximum Gasteiger partial charge on any atom is 0.301 e. The minimum absolute atomic E-state index is 0.0827. The molecule has 6 rings (SSSR count). The van der Waals surface area contributed by atoms with Crippen LogP contribution >= 0.6 is 11.6 Å². The molecule has 0 radical (unpaired) electrons. The van der Waals surface area contributed by atoms with E-state index in [0.29, 0.717) is 39.6 Å². The summed E-state index contributed by atoms with van der Waals surface area (Å²) in [7, 11) is 1.61. The summed E-state index contributed by atoms with van der Waals surface area (Å²) in [5, 5.41) is 7.40. The summed E-state index contributed by atoms with van der Waals surface area (Å²) in [4.78, 5) is 19.6. The van der Waals surface area contributed by atoms with E-state index in [2.05, 4.69) is 20.5 Å². The van der Waals surface area contributed by atoms with Gasteiger partial charge in [-0.05, 0) is 43.9 Å². The molecule has 1 saturated carbocycles. The highest BCUT2D eigenvalue weighted by Gasteiger charge is 2.51. The van der Waals surface area contributed by atoms with E-state index in [1.807, 2.05) is 25.1 Å². The zero-order valence-corrected chi connectivity index (χ0v) is 21.3. The smallest absolute Gasteiger partial charge is 0.301 e. The predicted octanol–water partition coefficient (Wildman–Crippen LogP) is 4.77. The van der Waals surface area contributed by atoms with Crippen LogP contribution < -0.4 is 25.8 Å². The second kappa shape index (κ2) is 9.02. The van der Waals surface area contributed by atoms with Crippen LogP contribution in [0.3, 0.4) is 0 Å². The topological polar surface area (TPSA) is 80.7 Å². The molecule has 4 heterocycles. The van der Waals surface area contributed by atoms with Gasteiger partial charge in [-0.1, -0.05) is 11.6 Å². The van der Waals surface area contributed by atoms with Crippen molar-refractivity contribution in [1.82, 2.24) is 9.55 Å². The number of halogens is 3. The van der Waals surface area contributed by atoms with Crippen molar-refractivity contribution in [2.24, 2.45) is 13.0 Å². The number of ether oxygens (including phenoxy) is 2. The number of morpholine rings is 1. The van der Waals surface area contributed by atoms with Gasteiger partial charge in [0.25, 0.3) is 5.56 Å². The van der Waals surface area contributed by atoms with Crippen LogP contribution in [0.2, 0.25) is 5.02 Å². The van der Waals surface area contributed by atoms with Crippen LogP contribution in [-0.2, 0) is 11.8 Å². The van der Waals surface area contributed by atoms with Gasteiger partial charge in [0.15, 0.2) is 6.61 Å². The molecule has 2 N–H and O–H groups in total. The number of pyridine rings is 2. The number of nitrogens with one attached hydrogen (secondary N) is 2. The molecule has 2 fully saturated rings. The molecule has 1 aromatic carbocycles. The number of fused-ring (bicyclic) bond motifs is 3. The molecule has 2 aromatic heterocycles. The Hall–Kier alpha value is -3.11. The van der Waals surface area contributed by atoms with Gasteiger partial charge in [-0.25, -0.2) is 13.8 Å². The Labute approximate surface area is 217 Å². The van der Waals surface area contributed by atoms with Gasteiger partial charge < -0.3 is 29.6 Å². The first-order chi connectivity index (χ1) is 17.7. The van der Waals surface area contributed by atoms with Crippen LogP contribution in [0.15, 0.2) is 35.3 Å². The second-order valence-electron chi connectivity index (χ2n) is 10.1. The Morgan fingerprint density at radius 1 is 1.27 bits per heavy atom. The fourth-order valence-electron chi connectivity index (χ4n) is 5.16. The lowest BCUT2D eigenvalue weighted by Crippen LogP contribution is -2.44. The molecule has 2 aliphatic heterocycles. The van der Waals surface area contributed by atoms with Crippen LogP contribution in [0.25, 0.3) is 10.9 Å². The highest BCUT2D eigenvalue weighted by Crippen LogP contribution is 2.45. The van der Waals surface area contributed by atoms with E-state index < -0.39 is 24.1 Å². The summed E-state index contributed by atoms with van der Waals surface area (Å²) in [5.74, 6) is -2.54. The molecule has 8 nitrogen and oxygen atoms in total. The molecule has 0 amide bonds. The summed E-state index contributed by atoms with van der Waals surface area (Å²) in [6.07, 6.45) is 3.16. The minimum Gasteiger partial charge on any atom is -0.480 e. The molecule has 1 saturated heterocycles. The normalized spacial score (nSPS) is 23.1. The number of hydrogen-bond acceptors (Lipinski definition) is 7. The van der Waals surface area contributed by atoms with Gasteiger partial charge in [0.1, 0.15) is 5.82 Å². The number of rotatable bonds is 4. The second-order valence-corrected chi connectivity index (χ2v) is 10.5. The van der Waals surface area contributed by atoms with E-state index in [0.717, 1.165) is 31.7 Å². The van der Waals surface area contributed by atoms with Crippen molar-refractivity contribution in [1.29, 1.82) is 0 Å². The van der Waals surface area contributed by atoms with E-state index in [9.17, 15) is 13.6 Å². The van der Waals surface area contributed by atoms with Gasteiger partial charge >= 0.3 is 5.92 Å². The molecule has 37 heavy (non-hydrogen) atoms. The third kappa shape index (κ3) is 4.46. The summed E-state index contributed by atoms with van der Waals surface area (Å²) in [6.45, 7) is 3.27. The number of nitrogens with zero attached hydrogens (tertiary/aromatic N) is 3. The first-order valence-electron chi connectivity index (χ1n) is 12.4. The van der Waals surface area contributed by atoms with E-state index in [1.54, 1.807) is 19.3 Å². The lowest BCUT2D eigenvalue weighted by molar-refractivity contribution is -0.0579. The molecule has 3 aliphatic rings. The summed E-state index contributed by atoms with van der Waals surface area (Å²) >= 11 is 6.48. The van der Waals surface area contributed by atoms with Gasteiger partial charge in [0.2, 0.25) is 5.75 Å². The number of anilines is 4. The number of aryl methyl sites for hydroxylation is 1. The quantitative estimate of drug-likeness (QED) is 0.502. The number of benzene rings is 1. The zero-order valence-electron chi connectivity index (χ0n) is 20.6. The largest absolute Gasteiger partial charge is 0.480 e. The lowest BCUT2D eigenvalue weighted by Gasteiger charge is -2.32. The molecular weight excluding hydrogens is 504 g/mol. The first-order valence-corrected chi connectivity index (χ1v) is 12.8. The van der Waals surface area contributed by atoms with Crippen molar-refractivity contribution in [3.8, 4) is 5.75 Å². The third-order valence-corrected chi connectivity index (χ3v) is 7.60. The van der Waals surface area contributed by atoms with E-state index in [1.165, 1.54) is 4.57 Å². The maximum atomic E-state index is 14.9. The highest BCUT2D eigenvalue weighted by atomic mass is 35.5. The fraction of sp³-hybridized carbons (Fsp3) is 0.462. The third-order valence-electron chi connectivity index (χ3n) is 7.30. The monoisotopic (exact) mass is 531 g/mol. The van der Waals surface area contributed by atoms with Crippen LogP contribution in [0.1, 0.15) is 19.8 Å². The molecule has 3 aromatic rings. The average molecular weight is 532 g/mol. The molecule has 1 aliphatic carbocycles. The van der Waals surface area contributed by atoms with Crippen LogP contribution in [0.5, 0.6) is 5.75 Å². The van der Waals surface area contributed by atoms with Gasteiger partial charge in [0, 0.05) is 37.3 Å². The van der Waals surface area contributed by atoms with Gasteiger partial charge in [0.05, 0.1) is 46.9 Å². The number of aromatic nitrogens is 2. The van der Waals surface area contributed by atoms with Crippen LogP contribution in [0, 0.1) is 5.92 Å². The summed E-state index contributed by atoms with van der Waals surface area (Å²) in [5.41, 5.74) is 1.80. The molecular formula is C26H28ClF2N5O3.